The van der Waals surface area contributed by atoms with Gasteiger partial charge in [-0.05, 0) is 73.6 Å². The molecule has 1 aliphatic heterocycles. The number of aryl methyl sites for hydroxylation is 1. The second kappa shape index (κ2) is 10.4. The smallest absolute Gasteiger partial charge is 0.290 e. The number of nitrogens with zero attached hydrogens (tertiary/aromatic N) is 2. The second-order valence-electron chi connectivity index (χ2n) is 9.55. The number of carbonyl (C=O) groups excluding carboxylic acids is 1. The normalized spacial score (nSPS) is 15.0. The van der Waals surface area contributed by atoms with Gasteiger partial charge in [-0.25, -0.2) is 0 Å². The van der Waals surface area contributed by atoms with Gasteiger partial charge in [0.05, 0.1) is 17.0 Å². The summed E-state index contributed by atoms with van der Waals surface area (Å²) in [4.78, 5) is 31.0. The molecule has 0 fully saturated rings. The minimum Gasteiger partial charge on any atom is -0.489 e. The van der Waals surface area contributed by atoms with Crippen LogP contribution in [0, 0.1) is 0 Å². The molecule has 37 heavy (non-hydrogen) atoms. The van der Waals surface area contributed by atoms with Crippen molar-refractivity contribution in [3.05, 3.63) is 110 Å². The number of rotatable bonds is 8. The van der Waals surface area contributed by atoms with Crippen molar-refractivity contribution in [2.75, 3.05) is 27.2 Å². The van der Waals surface area contributed by atoms with Crippen molar-refractivity contribution in [2.45, 2.75) is 26.0 Å². The Balaban J connectivity index is 1.51. The van der Waals surface area contributed by atoms with Gasteiger partial charge in [-0.15, -0.1) is 0 Å². The summed E-state index contributed by atoms with van der Waals surface area (Å²) in [5, 5.41) is 1.19. The predicted octanol–water partition coefficient (Wildman–Crippen LogP) is 5.69. The maximum absolute atomic E-state index is 13.8. The summed E-state index contributed by atoms with van der Waals surface area (Å²) in [6.07, 6.45) is 0.807. The van der Waals surface area contributed by atoms with Gasteiger partial charge >= 0.3 is 0 Å². The quantitative estimate of drug-likeness (QED) is 0.301. The van der Waals surface area contributed by atoms with Gasteiger partial charge in [0.15, 0.2) is 5.43 Å². The van der Waals surface area contributed by atoms with E-state index in [2.05, 4.69) is 0 Å². The van der Waals surface area contributed by atoms with Crippen LogP contribution in [0.3, 0.4) is 0 Å². The number of halogens is 1. The van der Waals surface area contributed by atoms with Crippen LogP contribution in [0.1, 0.15) is 45.8 Å². The molecule has 0 saturated heterocycles. The lowest BCUT2D eigenvalue weighted by atomic mass is 9.98. The van der Waals surface area contributed by atoms with Crippen LogP contribution >= 0.6 is 11.6 Å². The Kier molecular flexibility index (Phi) is 7.04. The molecular weight excluding hydrogens is 488 g/mol. The first-order valence-corrected chi connectivity index (χ1v) is 12.8. The Bertz CT molecular complexity index is 1490. The third-order valence-electron chi connectivity index (χ3n) is 6.74. The van der Waals surface area contributed by atoms with Crippen LogP contribution in [0.5, 0.6) is 5.75 Å². The molecule has 1 amide bonds. The van der Waals surface area contributed by atoms with Crippen LogP contribution in [0.4, 0.5) is 0 Å². The molecule has 0 bridgehead atoms. The topological polar surface area (TPSA) is 63.0 Å². The summed E-state index contributed by atoms with van der Waals surface area (Å²) in [7, 11) is 3.92. The largest absolute Gasteiger partial charge is 0.489 e. The molecule has 0 N–H and O–H groups in total. The number of amides is 1. The average molecular weight is 517 g/mol. The Labute approximate surface area is 221 Å². The number of fused-ring (bicyclic) bond motifs is 2. The van der Waals surface area contributed by atoms with Crippen LogP contribution in [0.15, 0.2) is 75.9 Å². The number of carbonyl (C=O) groups is 1. The Hall–Kier alpha value is -3.61. The number of likely N-dealkylation sites (N-methyl/N-ethyl adjacent to an activating group) is 1. The van der Waals surface area contributed by atoms with E-state index in [-0.39, 0.29) is 17.1 Å². The zero-order valence-corrected chi connectivity index (χ0v) is 21.9. The molecule has 1 aromatic heterocycles. The van der Waals surface area contributed by atoms with Crippen LogP contribution in [-0.4, -0.2) is 42.9 Å². The molecule has 1 unspecified atom stereocenters. The van der Waals surface area contributed by atoms with Gasteiger partial charge in [0.25, 0.3) is 5.91 Å². The lowest BCUT2D eigenvalue weighted by Gasteiger charge is -2.26. The molecule has 1 aliphatic rings. The minimum absolute atomic E-state index is 0.133. The van der Waals surface area contributed by atoms with Crippen LogP contribution in [0.2, 0.25) is 5.02 Å². The molecule has 7 heteroatoms. The van der Waals surface area contributed by atoms with Crippen molar-refractivity contribution in [3.8, 4) is 5.75 Å². The highest BCUT2D eigenvalue weighted by Gasteiger charge is 2.42. The molecule has 6 nitrogen and oxygen atoms in total. The second-order valence-corrected chi connectivity index (χ2v) is 9.98. The molecule has 190 valence electrons. The van der Waals surface area contributed by atoms with E-state index in [1.54, 1.807) is 11.0 Å². The summed E-state index contributed by atoms with van der Waals surface area (Å²) in [5.74, 6) is 0.568. The average Bonchev–Trinajstić information content (AvgIpc) is 3.18. The number of benzene rings is 3. The molecule has 3 aromatic carbocycles. The Morgan fingerprint density at radius 1 is 0.973 bits per heavy atom. The molecule has 0 saturated carbocycles. The standard InChI is InChI=1S/C30H29ClN2O4/c1-4-19-7-14-25-24(17-19)28(34)26-27(33(16-15-32(2)3)30(35)29(26)37-25)21-8-12-23(13-9-21)36-18-20-5-10-22(31)11-6-20/h5-14,17,27H,4,15-16,18H2,1-3H3. The predicted molar refractivity (Wildman–Crippen MR) is 146 cm³/mol. The first-order chi connectivity index (χ1) is 17.9. The van der Waals surface area contributed by atoms with E-state index < -0.39 is 6.04 Å². The lowest BCUT2D eigenvalue weighted by Crippen LogP contribution is -2.35. The first-order valence-electron chi connectivity index (χ1n) is 12.4. The van der Waals surface area contributed by atoms with Crippen LogP contribution < -0.4 is 10.2 Å². The number of hydrogen-bond donors (Lipinski definition) is 0. The van der Waals surface area contributed by atoms with Crippen molar-refractivity contribution in [1.82, 2.24) is 9.80 Å². The third kappa shape index (κ3) is 4.99. The van der Waals surface area contributed by atoms with Crippen LogP contribution in [-0.2, 0) is 13.0 Å². The Morgan fingerprint density at radius 2 is 1.68 bits per heavy atom. The highest BCUT2D eigenvalue weighted by molar-refractivity contribution is 6.30. The van der Waals surface area contributed by atoms with E-state index >= 15 is 0 Å². The fraction of sp³-hybridized carbons (Fsp3) is 0.267. The summed E-state index contributed by atoms with van der Waals surface area (Å²) in [5.41, 5.74) is 3.58. The summed E-state index contributed by atoms with van der Waals surface area (Å²) in [6.45, 7) is 3.57. The molecule has 0 radical (unpaired) electrons. The monoisotopic (exact) mass is 516 g/mol. The molecule has 2 heterocycles. The molecule has 0 spiro atoms. The van der Waals surface area contributed by atoms with E-state index in [1.807, 2.05) is 86.6 Å². The van der Waals surface area contributed by atoms with Gasteiger partial charge in [-0.2, -0.15) is 0 Å². The summed E-state index contributed by atoms with van der Waals surface area (Å²) < 4.78 is 12.0. The van der Waals surface area contributed by atoms with Gasteiger partial charge in [0.1, 0.15) is 17.9 Å². The highest BCUT2D eigenvalue weighted by atomic mass is 35.5. The van der Waals surface area contributed by atoms with Gasteiger partial charge in [-0.1, -0.05) is 48.9 Å². The maximum Gasteiger partial charge on any atom is 0.290 e. The van der Waals surface area contributed by atoms with E-state index in [0.717, 1.165) is 23.1 Å². The van der Waals surface area contributed by atoms with E-state index in [4.69, 9.17) is 20.8 Å². The number of hydrogen-bond acceptors (Lipinski definition) is 5. The van der Waals surface area contributed by atoms with Crippen LogP contribution in [0.25, 0.3) is 11.0 Å². The Morgan fingerprint density at radius 3 is 2.35 bits per heavy atom. The molecular formula is C30H29ClN2O4. The zero-order valence-electron chi connectivity index (χ0n) is 21.2. The van der Waals surface area contributed by atoms with Crippen molar-refractivity contribution >= 4 is 28.5 Å². The number of ether oxygens (including phenoxy) is 1. The van der Waals surface area contributed by atoms with E-state index in [1.165, 1.54) is 0 Å². The maximum atomic E-state index is 13.8. The molecule has 5 rings (SSSR count). The zero-order chi connectivity index (χ0) is 26.1. The lowest BCUT2D eigenvalue weighted by molar-refractivity contribution is 0.0716. The van der Waals surface area contributed by atoms with Gasteiger partial charge in [0.2, 0.25) is 5.76 Å². The summed E-state index contributed by atoms with van der Waals surface area (Å²) in [6, 6.07) is 20.1. The SMILES string of the molecule is CCc1ccc2oc3c(c(=O)c2c1)C(c1ccc(OCc2ccc(Cl)cc2)cc1)N(CCN(C)C)C3=O. The van der Waals surface area contributed by atoms with Crippen molar-refractivity contribution < 1.29 is 13.9 Å². The van der Waals surface area contributed by atoms with Gasteiger partial charge in [0, 0.05) is 18.1 Å². The first kappa shape index (κ1) is 25.1. The van der Waals surface area contributed by atoms with Gasteiger partial charge in [-0.3, -0.25) is 9.59 Å². The van der Waals surface area contributed by atoms with Crippen molar-refractivity contribution in [3.63, 3.8) is 0 Å². The fourth-order valence-electron chi connectivity index (χ4n) is 4.67. The summed E-state index contributed by atoms with van der Waals surface area (Å²) >= 11 is 5.96. The molecule has 1 atom stereocenters. The van der Waals surface area contributed by atoms with E-state index in [0.29, 0.717) is 47.0 Å². The molecule has 0 aliphatic carbocycles. The van der Waals surface area contributed by atoms with Gasteiger partial charge < -0.3 is 19.0 Å². The van der Waals surface area contributed by atoms with Crippen molar-refractivity contribution in [2.24, 2.45) is 0 Å². The highest BCUT2D eigenvalue weighted by Crippen LogP contribution is 2.38. The molecule has 4 aromatic rings. The van der Waals surface area contributed by atoms with E-state index in [9.17, 15) is 9.59 Å². The minimum atomic E-state index is -0.529. The fourth-order valence-corrected chi connectivity index (χ4v) is 4.79. The van der Waals surface area contributed by atoms with Crippen molar-refractivity contribution in [1.29, 1.82) is 0 Å². The third-order valence-corrected chi connectivity index (χ3v) is 6.99.